The van der Waals surface area contributed by atoms with Gasteiger partial charge in [-0.05, 0) is 49.6 Å². The fourth-order valence-electron chi connectivity index (χ4n) is 2.41. The lowest BCUT2D eigenvalue weighted by molar-refractivity contribution is -0.132. The number of benzene rings is 2. The van der Waals surface area contributed by atoms with Crippen LogP contribution in [-0.4, -0.2) is 31.6 Å². The van der Waals surface area contributed by atoms with Crippen molar-refractivity contribution in [1.82, 2.24) is 0 Å². The van der Waals surface area contributed by atoms with Crippen LogP contribution in [-0.2, 0) is 25.8 Å². The van der Waals surface area contributed by atoms with E-state index in [0.29, 0.717) is 11.3 Å². The highest BCUT2D eigenvalue weighted by atomic mass is 79.9. The van der Waals surface area contributed by atoms with Gasteiger partial charge in [-0.15, -0.1) is 0 Å². The Morgan fingerprint density at radius 1 is 1.10 bits per heavy atom. The Balaban J connectivity index is 2.18. The SMILES string of the molecule is CO/N=C(/C(=O)OC)c1cccc(C)c1CO/N=C(\C)C#Cc1ccc(Br)cc1. The Labute approximate surface area is 178 Å². The zero-order chi connectivity index (χ0) is 21.2. The molecule has 150 valence electrons. The number of methoxy groups -OCH3 is 1. The minimum Gasteiger partial charge on any atom is -0.464 e. The molecule has 0 aliphatic carbocycles. The molecule has 0 N–H and O–H groups in total. The predicted octanol–water partition coefficient (Wildman–Crippen LogP) is 4.23. The molecular weight excluding hydrogens is 436 g/mol. The predicted molar refractivity (Wildman–Crippen MR) is 116 cm³/mol. The molecule has 0 spiro atoms. The van der Waals surface area contributed by atoms with Crippen LogP contribution >= 0.6 is 15.9 Å². The molecule has 0 fully saturated rings. The first-order valence-electron chi connectivity index (χ1n) is 8.68. The second kappa shape index (κ2) is 11.0. The van der Waals surface area contributed by atoms with Gasteiger partial charge in [0.05, 0.1) is 7.11 Å². The van der Waals surface area contributed by atoms with Gasteiger partial charge in [-0.1, -0.05) is 50.4 Å². The second-order valence-corrected chi connectivity index (χ2v) is 6.84. The summed E-state index contributed by atoms with van der Waals surface area (Å²) in [4.78, 5) is 22.3. The molecule has 0 aliphatic heterocycles. The van der Waals surface area contributed by atoms with Crippen LogP contribution in [0.3, 0.4) is 0 Å². The summed E-state index contributed by atoms with van der Waals surface area (Å²) in [5, 5.41) is 7.86. The Hall–Kier alpha value is -3.11. The van der Waals surface area contributed by atoms with Crippen molar-refractivity contribution in [3.8, 4) is 11.8 Å². The van der Waals surface area contributed by atoms with Crippen LogP contribution < -0.4 is 0 Å². The molecule has 29 heavy (non-hydrogen) atoms. The molecule has 7 heteroatoms. The van der Waals surface area contributed by atoms with Crippen LogP contribution in [0.5, 0.6) is 0 Å². The van der Waals surface area contributed by atoms with E-state index in [1.165, 1.54) is 14.2 Å². The molecule has 0 heterocycles. The number of ether oxygens (including phenoxy) is 1. The number of halogens is 1. The van der Waals surface area contributed by atoms with Crippen molar-refractivity contribution in [2.45, 2.75) is 20.5 Å². The summed E-state index contributed by atoms with van der Waals surface area (Å²) in [7, 11) is 2.66. The molecule has 2 rings (SSSR count). The lowest BCUT2D eigenvalue weighted by atomic mass is 9.99. The summed E-state index contributed by atoms with van der Waals surface area (Å²) in [5.74, 6) is 5.37. The summed E-state index contributed by atoms with van der Waals surface area (Å²) in [6, 6.07) is 13.2. The molecule has 0 bridgehead atoms. The van der Waals surface area contributed by atoms with Crippen molar-refractivity contribution in [1.29, 1.82) is 0 Å². The van der Waals surface area contributed by atoms with Crippen LogP contribution in [0.1, 0.15) is 29.2 Å². The third-order valence-corrected chi connectivity index (χ3v) is 4.40. The summed E-state index contributed by atoms with van der Waals surface area (Å²) in [5.41, 5.74) is 3.71. The smallest absolute Gasteiger partial charge is 0.360 e. The van der Waals surface area contributed by atoms with Crippen molar-refractivity contribution in [2.24, 2.45) is 10.3 Å². The molecule has 2 aromatic rings. The zero-order valence-corrected chi connectivity index (χ0v) is 18.2. The first kappa shape index (κ1) is 22.2. The first-order chi connectivity index (χ1) is 14.0. The summed E-state index contributed by atoms with van der Waals surface area (Å²) >= 11 is 3.39. The van der Waals surface area contributed by atoms with E-state index in [4.69, 9.17) is 14.4 Å². The highest BCUT2D eigenvalue weighted by molar-refractivity contribution is 9.10. The van der Waals surface area contributed by atoms with E-state index in [0.717, 1.165) is 21.2 Å². The molecule has 0 aromatic heterocycles. The minimum atomic E-state index is -0.598. The van der Waals surface area contributed by atoms with Gasteiger partial charge in [0, 0.05) is 21.2 Å². The Morgan fingerprint density at radius 2 is 1.83 bits per heavy atom. The number of hydrogen-bond donors (Lipinski definition) is 0. The number of esters is 1. The van der Waals surface area contributed by atoms with Gasteiger partial charge in [0.1, 0.15) is 19.4 Å². The minimum absolute atomic E-state index is 0.0630. The van der Waals surface area contributed by atoms with Gasteiger partial charge in [0.2, 0.25) is 0 Å². The number of oxime groups is 2. The molecule has 0 aliphatic rings. The van der Waals surface area contributed by atoms with Crippen LogP contribution in [0.25, 0.3) is 0 Å². The van der Waals surface area contributed by atoms with Crippen molar-refractivity contribution < 1.29 is 19.2 Å². The van der Waals surface area contributed by atoms with E-state index in [9.17, 15) is 4.79 Å². The third-order valence-electron chi connectivity index (χ3n) is 3.87. The van der Waals surface area contributed by atoms with E-state index in [1.807, 2.05) is 43.3 Å². The van der Waals surface area contributed by atoms with E-state index >= 15 is 0 Å². The number of nitrogens with zero attached hydrogens (tertiary/aromatic N) is 2. The maximum absolute atomic E-state index is 12.1. The number of rotatable bonds is 6. The van der Waals surface area contributed by atoms with Crippen molar-refractivity contribution >= 4 is 33.3 Å². The van der Waals surface area contributed by atoms with Gasteiger partial charge in [0.15, 0.2) is 5.71 Å². The molecule has 0 unspecified atom stereocenters. The molecule has 0 amide bonds. The van der Waals surface area contributed by atoms with Crippen molar-refractivity contribution in [3.05, 3.63) is 69.2 Å². The van der Waals surface area contributed by atoms with Gasteiger partial charge < -0.3 is 14.4 Å². The Morgan fingerprint density at radius 3 is 2.48 bits per heavy atom. The van der Waals surface area contributed by atoms with Gasteiger partial charge in [-0.25, -0.2) is 4.79 Å². The van der Waals surface area contributed by atoms with E-state index in [-0.39, 0.29) is 12.3 Å². The topological polar surface area (TPSA) is 69.5 Å². The van der Waals surface area contributed by atoms with Gasteiger partial charge in [0.25, 0.3) is 0 Å². The summed E-state index contributed by atoms with van der Waals surface area (Å²) in [6.45, 7) is 3.81. The Kier molecular flexibility index (Phi) is 8.44. The molecule has 0 radical (unpaired) electrons. The fourth-order valence-corrected chi connectivity index (χ4v) is 2.68. The highest BCUT2D eigenvalue weighted by Gasteiger charge is 2.20. The molecule has 6 nitrogen and oxygen atoms in total. The highest BCUT2D eigenvalue weighted by Crippen LogP contribution is 2.18. The maximum Gasteiger partial charge on any atom is 0.360 e. The average Bonchev–Trinajstić information content (AvgIpc) is 2.72. The monoisotopic (exact) mass is 456 g/mol. The van der Waals surface area contributed by atoms with Crippen molar-refractivity contribution in [3.63, 3.8) is 0 Å². The normalized spacial score (nSPS) is 11.3. The third kappa shape index (κ3) is 6.47. The maximum atomic E-state index is 12.1. The molecule has 0 saturated heterocycles. The van der Waals surface area contributed by atoms with Gasteiger partial charge in [-0.3, -0.25) is 0 Å². The van der Waals surface area contributed by atoms with E-state index < -0.39 is 5.97 Å². The number of aryl methyl sites for hydroxylation is 1. The number of carbonyl (C=O) groups excluding carboxylic acids is 1. The summed E-state index contributed by atoms with van der Waals surface area (Å²) < 4.78 is 5.79. The Bertz CT molecular complexity index is 986. The average molecular weight is 457 g/mol. The van der Waals surface area contributed by atoms with Crippen LogP contribution in [0, 0.1) is 18.8 Å². The first-order valence-corrected chi connectivity index (χ1v) is 9.48. The number of carbonyl (C=O) groups is 1. The lowest BCUT2D eigenvalue weighted by Gasteiger charge is -2.12. The van der Waals surface area contributed by atoms with E-state index in [1.54, 1.807) is 13.0 Å². The van der Waals surface area contributed by atoms with Gasteiger partial charge in [-0.2, -0.15) is 0 Å². The van der Waals surface area contributed by atoms with Crippen LogP contribution in [0.4, 0.5) is 0 Å². The fraction of sp³-hybridized carbons (Fsp3) is 0.227. The molecule has 0 saturated carbocycles. The zero-order valence-electron chi connectivity index (χ0n) is 16.7. The number of hydrogen-bond acceptors (Lipinski definition) is 6. The standard InChI is InChI=1S/C22H21BrN2O4/c1-15-6-5-7-19(21(25-28-4)22(26)27-3)20(15)14-29-24-16(2)8-9-17-10-12-18(23)13-11-17/h5-7,10-13H,14H2,1-4H3/b24-16+,25-21+. The van der Waals surface area contributed by atoms with Crippen molar-refractivity contribution in [2.75, 3.05) is 14.2 Å². The van der Waals surface area contributed by atoms with Crippen LogP contribution in [0.2, 0.25) is 0 Å². The second-order valence-electron chi connectivity index (χ2n) is 5.92. The van der Waals surface area contributed by atoms with E-state index in [2.05, 4.69) is 38.1 Å². The lowest BCUT2D eigenvalue weighted by Crippen LogP contribution is -2.20. The quantitative estimate of drug-likeness (QED) is 0.282. The summed E-state index contributed by atoms with van der Waals surface area (Å²) in [6.07, 6.45) is 0. The van der Waals surface area contributed by atoms with Crippen LogP contribution in [0.15, 0.2) is 57.2 Å². The van der Waals surface area contributed by atoms with Gasteiger partial charge >= 0.3 is 5.97 Å². The molecular formula is C22H21BrN2O4. The molecule has 2 aromatic carbocycles. The largest absolute Gasteiger partial charge is 0.464 e. The molecule has 0 atom stereocenters.